The van der Waals surface area contributed by atoms with Crippen LogP contribution in [0.5, 0.6) is 0 Å². The van der Waals surface area contributed by atoms with E-state index in [1.165, 1.54) is 0 Å². The number of nitrogens with zero attached hydrogens (tertiary/aromatic N) is 2. The number of nitrogens with one attached hydrogen (secondary N) is 1. The molecule has 2 aromatic rings. The second-order valence-corrected chi connectivity index (χ2v) is 6.65. The van der Waals surface area contributed by atoms with Crippen molar-refractivity contribution >= 4 is 11.9 Å². The molecule has 0 aliphatic carbocycles. The van der Waals surface area contributed by atoms with Gasteiger partial charge < -0.3 is 15.0 Å². The molecule has 1 atom stereocenters. The van der Waals surface area contributed by atoms with Crippen molar-refractivity contribution in [2.45, 2.75) is 45.3 Å². The Bertz CT molecular complexity index is 688. The van der Waals surface area contributed by atoms with Gasteiger partial charge in [-0.15, -0.1) is 0 Å². The van der Waals surface area contributed by atoms with Crippen molar-refractivity contribution in [2.24, 2.45) is 0 Å². The number of rotatable bonds is 6. The van der Waals surface area contributed by atoms with Crippen LogP contribution >= 0.6 is 0 Å². The summed E-state index contributed by atoms with van der Waals surface area (Å²) in [5.74, 6) is 0.879. The lowest BCUT2D eigenvalue weighted by Crippen LogP contribution is -2.38. The minimum absolute atomic E-state index is 0.0414. The van der Waals surface area contributed by atoms with Gasteiger partial charge in [0, 0.05) is 19.3 Å². The lowest BCUT2D eigenvalue weighted by atomic mass is 9.97. The lowest BCUT2D eigenvalue weighted by molar-refractivity contribution is 0.0678. The maximum atomic E-state index is 12.6. The number of benzene rings is 1. The Labute approximate surface area is 155 Å². The van der Waals surface area contributed by atoms with Gasteiger partial charge in [0.15, 0.2) is 0 Å². The van der Waals surface area contributed by atoms with Crippen LogP contribution in [0.25, 0.3) is 0 Å². The summed E-state index contributed by atoms with van der Waals surface area (Å²) in [4.78, 5) is 19.0. The van der Waals surface area contributed by atoms with E-state index in [-0.39, 0.29) is 12.1 Å². The Balaban J connectivity index is 1.64. The fourth-order valence-electron chi connectivity index (χ4n) is 3.26. The van der Waals surface area contributed by atoms with Crippen molar-refractivity contribution in [3.8, 4) is 0 Å². The summed E-state index contributed by atoms with van der Waals surface area (Å²) in [7, 11) is 0. The zero-order chi connectivity index (χ0) is 18.2. The average Bonchev–Trinajstić information content (AvgIpc) is 2.71. The van der Waals surface area contributed by atoms with Crippen LogP contribution in [0.2, 0.25) is 0 Å². The highest BCUT2D eigenvalue weighted by molar-refractivity contribution is 5.68. The Hall–Kier alpha value is -2.56. The Morgan fingerprint density at radius 2 is 2.08 bits per heavy atom. The van der Waals surface area contributed by atoms with Crippen LogP contribution in [0, 0.1) is 0 Å². The Morgan fingerprint density at radius 3 is 2.81 bits per heavy atom. The quantitative estimate of drug-likeness (QED) is 0.813. The number of piperidine rings is 1. The number of amides is 1. The van der Waals surface area contributed by atoms with Gasteiger partial charge in [-0.2, -0.15) is 0 Å². The van der Waals surface area contributed by atoms with Gasteiger partial charge in [0.05, 0.1) is 6.04 Å². The summed E-state index contributed by atoms with van der Waals surface area (Å²) in [6, 6.07) is 13.9. The second kappa shape index (κ2) is 9.22. The molecule has 2 heterocycles. The van der Waals surface area contributed by atoms with E-state index in [2.05, 4.69) is 23.3 Å². The average molecular weight is 353 g/mol. The first kappa shape index (κ1) is 18.2. The third kappa shape index (κ3) is 4.75. The third-order valence-corrected chi connectivity index (χ3v) is 4.67. The molecule has 1 aliphatic rings. The summed E-state index contributed by atoms with van der Waals surface area (Å²) in [6.07, 6.45) is 5.78. The first-order valence-electron chi connectivity index (χ1n) is 9.45. The molecular weight excluding hydrogens is 326 g/mol. The molecule has 26 heavy (non-hydrogen) atoms. The van der Waals surface area contributed by atoms with Crippen molar-refractivity contribution in [3.05, 3.63) is 59.8 Å². The SMILES string of the molecule is CCCNc1ccc([C@@H]2CCCCN2C(=O)OCc2ccccc2)cn1. The van der Waals surface area contributed by atoms with Crippen LogP contribution in [0.3, 0.4) is 0 Å². The Kier molecular flexibility index (Phi) is 6.47. The van der Waals surface area contributed by atoms with Gasteiger partial charge >= 0.3 is 6.09 Å². The van der Waals surface area contributed by atoms with E-state index < -0.39 is 0 Å². The molecule has 0 saturated carbocycles. The van der Waals surface area contributed by atoms with Crippen LogP contribution in [-0.2, 0) is 11.3 Å². The smallest absolute Gasteiger partial charge is 0.410 e. The van der Waals surface area contributed by atoms with Crippen LogP contribution in [0.4, 0.5) is 10.6 Å². The van der Waals surface area contributed by atoms with E-state index in [9.17, 15) is 4.79 Å². The fraction of sp³-hybridized carbons (Fsp3) is 0.429. The normalized spacial score (nSPS) is 17.0. The van der Waals surface area contributed by atoms with E-state index in [1.54, 1.807) is 0 Å². The topological polar surface area (TPSA) is 54.5 Å². The van der Waals surface area contributed by atoms with Gasteiger partial charge in [-0.1, -0.05) is 43.3 Å². The molecule has 1 aromatic heterocycles. The molecule has 1 saturated heterocycles. The van der Waals surface area contributed by atoms with Gasteiger partial charge in [0.2, 0.25) is 0 Å². The third-order valence-electron chi connectivity index (χ3n) is 4.67. The molecule has 1 aromatic carbocycles. The van der Waals surface area contributed by atoms with E-state index in [0.29, 0.717) is 6.61 Å². The van der Waals surface area contributed by atoms with E-state index in [0.717, 1.165) is 55.7 Å². The minimum atomic E-state index is -0.244. The number of anilines is 1. The maximum absolute atomic E-state index is 12.6. The summed E-state index contributed by atoms with van der Waals surface area (Å²) in [5.41, 5.74) is 2.07. The van der Waals surface area contributed by atoms with Crippen molar-refractivity contribution < 1.29 is 9.53 Å². The number of aromatic nitrogens is 1. The first-order valence-corrected chi connectivity index (χ1v) is 9.45. The molecule has 5 heteroatoms. The number of pyridine rings is 1. The predicted molar refractivity (Wildman–Crippen MR) is 103 cm³/mol. The first-order chi connectivity index (χ1) is 12.8. The summed E-state index contributed by atoms with van der Waals surface area (Å²) in [6.45, 7) is 4.07. The molecule has 0 unspecified atom stereocenters. The number of carbonyl (C=O) groups excluding carboxylic acids is 1. The van der Waals surface area contributed by atoms with Gasteiger partial charge in [-0.3, -0.25) is 0 Å². The summed E-state index contributed by atoms with van der Waals surface area (Å²) >= 11 is 0. The molecule has 0 radical (unpaired) electrons. The highest BCUT2D eigenvalue weighted by atomic mass is 16.6. The standard InChI is InChI=1S/C21H27N3O2/c1-2-13-22-20-12-11-18(15-23-20)19-10-6-7-14-24(19)21(25)26-16-17-8-4-3-5-9-17/h3-5,8-9,11-12,15,19H,2,6-7,10,13-14,16H2,1H3,(H,22,23)/t19-/m0/s1. The van der Waals surface area contributed by atoms with Crippen LogP contribution < -0.4 is 5.32 Å². The molecule has 0 bridgehead atoms. The molecule has 1 fully saturated rings. The van der Waals surface area contributed by atoms with Crippen LogP contribution in [0.15, 0.2) is 48.7 Å². The van der Waals surface area contributed by atoms with Crippen molar-refractivity contribution in [3.63, 3.8) is 0 Å². The fourth-order valence-corrected chi connectivity index (χ4v) is 3.26. The van der Waals surface area contributed by atoms with Crippen molar-refractivity contribution in [1.82, 2.24) is 9.88 Å². The monoisotopic (exact) mass is 353 g/mol. The summed E-state index contributed by atoms with van der Waals surface area (Å²) in [5, 5.41) is 3.28. The highest BCUT2D eigenvalue weighted by Crippen LogP contribution is 2.31. The molecule has 1 aliphatic heterocycles. The molecule has 0 spiro atoms. The maximum Gasteiger partial charge on any atom is 0.410 e. The minimum Gasteiger partial charge on any atom is -0.445 e. The number of ether oxygens (including phenoxy) is 1. The van der Waals surface area contributed by atoms with Crippen LogP contribution in [0.1, 0.15) is 49.8 Å². The van der Waals surface area contributed by atoms with Gasteiger partial charge in [0.25, 0.3) is 0 Å². The van der Waals surface area contributed by atoms with E-state index in [1.807, 2.05) is 47.5 Å². The number of hydrogen-bond acceptors (Lipinski definition) is 4. The second-order valence-electron chi connectivity index (χ2n) is 6.65. The van der Waals surface area contributed by atoms with Gasteiger partial charge in [0.1, 0.15) is 12.4 Å². The lowest BCUT2D eigenvalue weighted by Gasteiger charge is -2.35. The molecule has 1 amide bonds. The Morgan fingerprint density at radius 1 is 1.23 bits per heavy atom. The zero-order valence-corrected chi connectivity index (χ0v) is 15.4. The van der Waals surface area contributed by atoms with Gasteiger partial charge in [-0.25, -0.2) is 9.78 Å². The molecule has 3 rings (SSSR count). The predicted octanol–water partition coefficient (Wildman–Crippen LogP) is 4.77. The molecule has 5 nitrogen and oxygen atoms in total. The number of carbonyl (C=O) groups is 1. The highest BCUT2D eigenvalue weighted by Gasteiger charge is 2.29. The molecule has 1 N–H and O–H groups in total. The number of hydrogen-bond donors (Lipinski definition) is 1. The van der Waals surface area contributed by atoms with Crippen molar-refractivity contribution in [2.75, 3.05) is 18.4 Å². The molecule has 138 valence electrons. The van der Waals surface area contributed by atoms with Gasteiger partial charge in [-0.05, 0) is 42.9 Å². The zero-order valence-electron chi connectivity index (χ0n) is 15.4. The largest absolute Gasteiger partial charge is 0.445 e. The van der Waals surface area contributed by atoms with Crippen LogP contribution in [-0.4, -0.2) is 29.1 Å². The number of likely N-dealkylation sites (tertiary alicyclic amines) is 1. The van der Waals surface area contributed by atoms with E-state index in [4.69, 9.17) is 4.74 Å². The summed E-state index contributed by atoms with van der Waals surface area (Å²) < 4.78 is 5.55. The molecular formula is C21H27N3O2. The van der Waals surface area contributed by atoms with E-state index >= 15 is 0 Å². The van der Waals surface area contributed by atoms with Crippen molar-refractivity contribution in [1.29, 1.82) is 0 Å².